The predicted octanol–water partition coefficient (Wildman–Crippen LogP) is 2.17. The number of piperidine rings is 1. The second kappa shape index (κ2) is 5.80. The Balaban J connectivity index is 1.91. The topological polar surface area (TPSA) is 60.9 Å². The Labute approximate surface area is 114 Å². The molecule has 2 unspecified atom stereocenters. The molecule has 2 amide bonds. The van der Waals surface area contributed by atoms with Crippen LogP contribution in [0.15, 0.2) is 0 Å². The van der Waals surface area contributed by atoms with Crippen molar-refractivity contribution in [2.24, 2.45) is 5.92 Å². The van der Waals surface area contributed by atoms with Crippen LogP contribution in [0.3, 0.4) is 0 Å². The fourth-order valence-electron chi connectivity index (χ4n) is 3.30. The lowest BCUT2D eigenvalue weighted by atomic mass is 10.1. The molecule has 0 aromatic heterocycles. The summed E-state index contributed by atoms with van der Waals surface area (Å²) in [4.78, 5) is 27.0. The molecule has 19 heavy (non-hydrogen) atoms. The molecule has 0 aromatic carbocycles. The summed E-state index contributed by atoms with van der Waals surface area (Å²) in [6.07, 6.45) is 4.21. The number of amides is 2. The molecule has 2 bridgehead atoms. The van der Waals surface area contributed by atoms with Crippen LogP contribution < -0.4 is 0 Å². The van der Waals surface area contributed by atoms with Crippen LogP contribution in [0.25, 0.3) is 0 Å². The Morgan fingerprint density at radius 1 is 1.37 bits per heavy atom. The van der Waals surface area contributed by atoms with Gasteiger partial charge in [0.05, 0.1) is 0 Å². The van der Waals surface area contributed by atoms with E-state index in [-0.39, 0.29) is 18.5 Å². The van der Waals surface area contributed by atoms with E-state index in [1.54, 1.807) is 0 Å². The molecule has 1 aliphatic heterocycles. The maximum atomic E-state index is 12.6. The highest BCUT2D eigenvalue weighted by atomic mass is 16.4. The van der Waals surface area contributed by atoms with Crippen molar-refractivity contribution in [2.75, 3.05) is 13.1 Å². The highest BCUT2D eigenvalue weighted by Gasteiger charge is 2.41. The van der Waals surface area contributed by atoms with Crippen LogP contribution in [0.2, 0.25) is 0 Å². The zero-order valence-corrected chi connectivity index (χ0v) is 11.8. The Kier molecular flexibility index (Phi) is 4.32. The Bertz CT molecular complexity index is 357. The second-order valence-corrected chi connectivity index (χ2v) is 6.05. The average molecular weight is 268 g/mol. The van der Waals surface area contributed by atoms with Crippen molar-refractivity contribution in [3.05, 3.63) is 0 Å². The largest absolute Gasteiger partial charge is 0.481 e. The standard InChI is InChI=1S/C14H24N2O3/c1-10(2)15(7-3-4-13(17)18)14(19)16-9-11-5-6-12(16)8-11/h10-12H,3-9H2,1-2H3,(H,17,18). The molecule has 0 spiro atoms. The first-order valence-corrected chi connectivity index (χ1v) is 7.28. The summed E-state index contributed by atoms with van der Waals surface area (Å²) in [7, 11) is 0. The summed E-state index contributed by atoms with van der Waals surface area (Å²) in [6.45, 7) is 5.42. The van der Waals surface area contributed by atoms with Crippen LogP contribution in [0.1, 0.15) is 46.0 Å². The van der Waals surface area contributed by atoms with E-state index in [1.165, 1.54) is 6.42 Å². The van der Waals surface area contributed by atoms with Crippen molar-refractivity contribution in [1.82, 2.24) is 9.80 Å². The van der Waals surface area contributed by atoms with E-state index in [0.29, 0.717) is 24.9 Å². The molecule has 0 aromatic rings. The van der Waals surface area contributed by atoms with Gasteiger partial charge in [0.25, 0.3) is 0 Å². The van der Waals surface area contributed by atoms with Gasteiger partial charge in [0.1, 0.15) is 0 Å². The minimum atomic E-state index is -0.795. The smallest absolute Gasteiger partial charge is 0.320 e. The van der Waals surface area contributed by atoms with Crippen LogP contribution in [-0.2, 0) is 4.79 Å². The van der Waals surface area contributed by atoms with Gasteiger partial charge >= 0.3 is 12.0 Å². The number of rotatable bonds is 5. The Hall–Kier alpha value is -1.26. The number of fused-ring (bicyclic) bond motifs is 2. The van der Waals surface area contributed by atoms with Gasteiger partial charge in [-0.3, -0.25) is 4.79 Å². The van der Waals surface area contributed by atoms with Gasteiger partial charge in [-0.1, -0.05) is 0 Å². The molecule has 5 heteroatoms. The molecule has 2 atom stereocenters. The fraction of sp³-hybridized carbons (Fsp3) is 0.857. The lowest BCUT2D eigenvalue weighted by Gasteiger charge is -2.35. The predicted molar refractivity (Wildman–Crippen MR) is 71.9 cm³/mol. The molecule has 1 heterocycles. The highest BCUT2D eigenvalue weighted by molar-refractivity contribution is 5.75. The van der Waals surface area contributed by atoms with Crippen molar-refractivity contribution in [2.45, 2.75) is 58.0 Å². The van der Waals surface area contributed by atoms with Crippen molar-refractivity contribution in [3.63, 3.8) is 0 Å². The van der Waals surface area contributed by atoms with Crippen LogP contribution in [0.4, 0.5) is 4.79 Å². The molecule has 0 radical (unpaired) electrons. The fourth-order valence-corrected chi connectivity index (χ4v) is 3.30. The lowest BCUT2D eigenvalue weighted by molar-refractivity contribution is -0.137. The number of carboxylic acids is 1. The minimum Gasteiger partial charge on any atom is -0.481 e. The van der Waals surface area contributed by atoms with Crippen molar-refractivity contribution in [1.29, 1.82) is 0 Å². The first-order chi connectivity index (χ1) is 8.99. The van der Waals surface area contributed by atoms with E-state index in [0.717, 1.165) is 19.4 Å². The van der Waals surface area contributed by atoms with Crippen LogP contribution >= 0.6 is 0 Å². The monoisotopic (exact) mass is 268 g/mol. The first kappa shape index (κ1) is 14.2. The molecule has 2 fully saturated rings. The summed E-state index contributed by atoms with van der Waals surface area (Å²) in [5.74, 6) is -0.0987. The summed E-state index contributed by atoms with van der Waals surface area (Å²) < 4.78 is 0. The highest BCUT2D eigenvalue weighted by Crippen LogP contribution is 2.38. The Morgan fingerprint density at radius 3 is 2.58 bits per heavy atom. The van der Waals surface area contributed by atoms with Crippen LogP contribution in [0.5, 0.6) is 0 Å². The number of carbonyl (C=O) groups excluding carboxylic acids is 1. The number of nitrogens with zero attached hydrogens (tertiary/aromatic N) is 2. The SMILES string of the molecule is CC(C)N(CCCC(=O)O)C(=O)N1CC2CCC1C2. The summed E-state index contributed by atoms with van der Waals surface area (Å²) in [5, 5.41) is 8.69. The zero-order valence-electron chi connectivity index (χ0n) is 11.8. The van der Waals surface area contributed by atoms with Crippen LogP contribution in [0, 0.1) is 5.92 Å². The number of likely N-dealkylation sites (tertiary alicyclic amines) is 1. The molecule has 1 N–H and O–H groups in total. The third-order valence-electron chi connectivity index (χ3n) is 4.31. The van der Waals surface area contributed by atoms with Gasteiger partial charge in [-0.2, -0.15) is 0 Å². The minimum absolute atomic E-state index is 0.104. The van der Waals surface area contributed by atoms with Gasteiger partial charge in [-0.15, -0.1) is 0 Å². The van der Waals surface area contributed by atoms with Crippen LogP contribution in [-0.4, -0.2) is 52.1 Å². The van der Waals surface area contributed by atoms with E-state index in [1.807, 2.05) is 23.6 Å². The number of hydrogen-bond acceptors (Lipinski definition) is 2. The summed E-state index contributed by atoms with van der Waals surface area (Å²) >= 11 is 0. The number of carboxylic acid groups (broad SMARTS) is 1. The van der Waals surface area contributed by atoms with Crippen molar-refractivity contribution in [3.8, 4) is 0 Å². The first-order valence-electron chi connectivity index (χ1n) is 7.28. The third kappa shape index (κ3) is 3.19. The molecule has 2 rings (SSSR count). The van der Waals surface area contributed by atoms with Gasteiger partial charge in [-0.25, -0.2) is 4.79 Å². The van der Waals surface area contributed by atoms with E-state index in [9.17, 15) is 9.59 Å². The van der Waals surface area contributed by atoms with E-state index < -0.39 is 5.97 Å². The molecule has 2 aliphatic rings. The van der Waals surface area contributed by atoms with E-state index in [4.69, 9.17) is 5.11 Å². The van der Waals surface area contributed by atoms with Crippen molar-refractivity contribution >= 4 is 12.0 Å². The second-order valence-electron chi connectivity index (χ2n) is 6.05. The van der Waals surface area contributed by atoms with Crippen molar-refractivity contribution < 1.29 is 14.7 Å². The number of aliphatic carboxylic acids is 1. The number of hydrogen-bond donors (Lipinski definition) is 1. The van der Waals surface area contributed by atoms with Gasteiger partial charge in [0.15, 0.2) is 0 Å². The molecular weight excluding hydrogens is 244 g/mol. The third-order valence-corrected chi connectivity index (χ3v) is 4.31. The molecule has 1 saturated carbocycles. The van der Waals surface area contributed by atoms with Gasteiger partial charge in [0, 0.05) is 31.6 Å². The quantitative estimate of drug-likeness (QED) is 0.831. The summed E-state index contributed by atoms with van der Waals surface area (Å²) in [6, 6.07) is 0.659. The maximum absolute atomic E-state index is 12.6. The normalized spacial score (nSPS) is 25.1. The lowest BCUT2D eigenvalue weighted by Crippen LogP contribution is -2.49. The average Bonchev–Trinajstić information content (AvgIpc) is 2.95. The maximum Gasteiger partial charge on any atom is 0.320 e. The number of carbonyl (C=O) groups is 2. The zero-order chi connectivity index (χ0) is 14.0. The molecule has 5 nitrogen and oxygen atoms in total. The van der Waals surface area contributed by atoms with Gasteiger partial charge < -0.3 is 14.9 Å². The Morgan fingerprint density at radius 2 is 2.11 bits per heavy atom. The molecule has 1 aliphatic carbocycles. The summed E-state index contributed by atoms with van der Waals surface area (Å²) in [5.41, 5.74) is 0. The van der Waals surface area contributed by atoms with Gasteiger partial charge in [0.2, 0.25) is 0 Å². The van der Waals surface area contributed by atoms with Gasteiger partial charge in [-0.05, 0) is 45.4 Å². The molecular formula is C14H24N2O3. The molecule has 108 valence electrons. The van der Waals surface area contributed by atoms with E-state index in [2.05, 4.69) is 0 Å². The van der Waals surface area contributed by atoms with E-state index >= 15 is 0 Å². The number of urea groups is 1. The molecule has 1 saturated heterocycles.